The zero-order valence-corrected chi connectivity index (χ0v) is 13.6. The Morgan fingerprint density at radius 1 is 1.00 bits per heavy atom. The number of hydrogen-bond acceptors (Lipinski definition) is 4. The summed E-state index contributed by atoms with van der Waals surface area (Å²) < 4.78 is 0. The fourth-order valence-corrected chi connectivity index (χ4v) is 2.64. The van der Waals surface area contributed by atoms with Gasteiger partial charge in [0.1, 0.15) is 0 Å². The van der Waals surface area contributed by atoms with Crippen molar-refractivity contribution >= 4 is 40.4 Å². The molecule has 3 N–H and O–H groups in total. The van der Waals surface area contributed by atoms with Crippen LogP contribution in [0.4, 0.5) is 11.4 Å². The molecule has 0 unspecified atom stereocenters. The average Bonchev–Trinajstić information content (AvgIpc) is 2.96. The average molecular weight is 331 g/mol. The van der Waals surface area contributed by atoms with E-state index in [-0.39, 0.29) is 17.7 Å². The van der Waals surface area contributed by atoms with Crippen molar-refractivity contribution in [2.75, 3.05) is 10.6 Å². The maximum absolute atomic E-state index is 12.3. The number of benzene rings is 1. The van der Waals surface area contributed by atoms with Crippen LogP contribution in [0.25, 0.3) is 0 Å². The predicted octanol–water partition coefficient (Wildman–Crippen LogP) is 2.59. The second-order valence-electron chi connectivity index (χ2n) is 4.92. The number of amides is 3. The van der Waals surface area contributed by atoms with Crippen molar-refractivity contribution < 1.29 is 14.4 Å². The Labute approximate surface area is 137 Å². The topological polar surface area (TPSA) is 87.3 Å². The number of anilines is 2. The van der Waals surface area contributed by atoms with Crippen molar-refractivity contribution in [3.8, 4) is 0 Å². The van der Waals surface area contributed by atoms with Crippen LogP contribution in [-0.4, -0.2) is 17.7 Å². The summed E-state index contributed by atoms with van der Waals surface area (Å²) >= 11 is 1.55. The van der Waals surface area contributed by atoms with Crippen LogP contribution >= 0.6 is 11.3 Å². The lowest BCUT2D eigenvalue weighted by atomic mass is 10.1. The molecule has 0 atom stereocenters. The van der Waals surface area contributed by atoms with E-state index in [0.717, 1.165) is 4.88 Å². The molecule has 23 heavy (non-hydrogen) atoms. The van der Waals surface area contributed by atoms with Crippen LogP contribution in [0.5, 0.6) is 0 Å². The van der Waals surface area contributed by atoms with Crippen LogP contribution in [-0.2, 0) is 16.1 Å². The maximum atomic E-state index is 12.3. The number of nitrogens with one attached hydrogen (secondary N) is 3. The highest BCUT2D eigenvalue weighted by molar-refractivity contribution is 7.09. The van der Waals surface area contributed by atoms with E-state index in [1.807, 2.05) is 17.5 Å². The molecule has 0 fully saturated rings. The van der Waals surface area contributed by atoms with Crippen LogP contribution in [0.1, 0.15) is 29.1 Å². The van der Waals surface area contributed by atoms with Crippen LogP contribution in [0, 0.1) is 0 Å². The van der Waals surface area contributed by atoms with E-state index >= 15 is 0 Å². The first-order chi connectivity index (χ1) is 10.9. The van der Waals surface area contributed by atoms with Crippen LogP contribution in [0.2, 0.25) is 0 Å². The first kappa shape index (κ1) is 16.7. The van der Waals surface area contributed by atoms with Crippen molar-refractivity contribution in [3.05, 3.63) is 46.2 Å². The van der Waals surface area contributed by atoms with Crippen molar-refractivity contribution in [3.63, 3.8) is 0 Å². The van der Waals surface area contributed by atoms with Gasteiger partial charge in [0.25, 0.3) is 5.91 Å². The van der Waals surface area contributed by atoms with Gasteiger partial charge in [-0.15, -0.1) is 11.3 Å². The Balaban J connectivity index is 2.18. The van der Waals surface area contributed by atoms with Gasteiger partial charge in [-0.2, -0.15) is 0 Å². The molecule has 120 valence electrons. The van der Waals surface area contributed by atoms with Gasteiger partial charge >= 0.3 is 0 Å². The van der Waals surface area contributed by atoms with Crippen LogP contribution in [0.3, 0.4) is 0 Å². The number of rotatable bonds is 5. The molecule has 0 aliphatic rings. The monoisotopic (exact) mass is 331 g/mol. The number of hydrogen-bond donors (Lipinski definition) is 3. The molecule has 1 aromatic heterocycles. The van der Waals surface area contributed by atoms with E-state index < -0.39 is 0 Å². The fraction of sp³-hybridized carbons (Fsp3) is 0.188. The summed E-state index contributed by atoms with van der Waals surface area (Å²) in [5, 5.41) is 9.98. The molecule has 0 spiro atoms. The van der Waals surface area contributed by atoms with Crippen LogP contribution in [0.15, 0.2) is 35.7 Å². The van der Waals surface area contributed by atoms with Gasteiger partial charge in [0.2, 0.25) is 11.8 Å². The summed E-state index contributed by atoms with van der Waals surface area (Å²) in [7, 11) is 0. The first-order valence-electron chi connectivity index (χ1n) is 6.95. The highest BCUT2D eigenvalue weighted by Crippen LogP contribution is 2.20. The molecule has 0 aliphatic heterocycles. The minimum atomic E-state index is -0.280. The van der Waals surface area contributed by atoms with E-state index in [2.05, 4.69) is 16.0 Å². The maximum Gasteiger partial charge on any atom is 0.251 e. The Kier molecular flexibility index (Phi) is 5.48. The highest BCUT2D eigenvalue weighted by Gasteiger charge is 2.10. The molecule has 3 amide bonds. The van der Waals surface area contributed by atoms with Gasteiger partial charge < -0.3 is 16.0 Å². The van der Waals surface area contributed by atoms with E-state index in [1.165, 1.54) is 13.8 Å². The quantitative estimate of drug-likeness (QED) is 0.787. The van der Waals surface area contributed by atoms with Gasteiger partial charge in [-0.25, -0.2) is 0 Å². The minimum Gasteiger partial charge on any atom is -0.347 e. The van der Waals surface area contributed by atoms with Crippen molar-refractivity contribution in [1.29, 1.82) is 0 Å². The molecule has 1 aromatic carbocycles. The Morgan fingerprint density at radius 2 is 1.61 bits per heavy atom. The molecule has 7 heteroatoms. The molecule has 0 saturated heterocycles. The van der Waals surface area contributed by atoms with Gasteiger partial charge in [0.15, 0.2) is 0 Å². The Hall–Kier alpha value is -2.67. The third kappa shape index (κ3) is 5.23. The molecule has 2 aromatic rings. The normalized spacial score (nSPS) is 10.0. The van der Waals surface area contributed by atoms with Gasteiger partial charge in [-0.3, -0.25) is 14.4 Å². The molecular weight excluding hydrogens is 314 g/mol. The van der Waals surface area contributed by atoms with E-state index in [0.29, 0.717) is 23.5 Å². The Bertz CT molecular complexity index is 692. The van der Waals surface area contributed by atoms with E-state index in [4.69, 9.17) is 0 Å². The summed E-state index contributed by atoms with van der Waals surface area (Å²) in [6.07, 6.45) is 0. The van der Waals surface area contributed by atoms with Gasteiger partial charge in [0.05, 0.1) is 6.54 Å². The second kappa shape index (κ2) is 7.55. The summed E-state index contributed by atoms with van der Waals surface area (Å²) in [5.74, 6) is -0.790. The fourth-order valence-electron chi connectivity index (χ4n) is 1.99. The number of thiophene rings is 1. The number of carbonyl (C=O) groups is 3. The summed E-state index contributed by atoms with van der Waals surface area (Å²) in [4.78, 5) is 35.7. The van der Waals surface area contributed by atoms with Gasteiger partial charge in [-0.1, -0.05) is 6.07 Å². The molecule has 2 rings (SSSR count). The van der Waals surface area contributed by atoms with E-state index in [9.17, 15) is 14.4 Å². The molecule has 0 saturated carbocycles. The largest absolute Gasteiger partial charge is 0.347 e. The van der Waals surface area contributed by atoms with Crippen LogP contribution < -0.4 is 16.0 Å². The molecule has 6 nitrogen and oxygen atoms in total. The summed E-state index contributed by atoms with van der Waals surface area (Å²) in [6.45, 7) is 3.18. The lowest BCUT2D eigenvalue weighted by Crippen LogP contribution is -2.23. The zero-order chi connectivity index (χ0) is 16.8. The third-order valence-electron chi connectivity index (χ3n) is 2.84. The molecule has 0 aliphatic carbocycles. The standard InChI is InChI=1S/C16H17N3O3S/c1-10(20)18-13-6-12(7-14(8-13)19-11(2)21)16(22)17-9-15-4-3-5-23-15/h3-8H,9H2,1-2H3,(H,17,22)(H,18,20)(H,19,21). The zero-order valence-electron chi connectivity index (χ0n) is 12.8. The highest BCUT2D eigenvalue weighted by atomic mass is 32.1. The summed E-state index contributed by atoms with van der Waals surface area (Å²) in [6, 6.07) is 8.58. The first-order valence-corrected chi connectivity index (χ1v) is 7.83. The molecular formula is C16H17N3O3S. The van der Waals surface area contributed by atoms with Crippen molar-refractivity contribution in [2.45, 2.75) is 20.4 Å². The third-order valence-corrected chi connectivity index (χ3v) is 3.72. The number of carbonyl (C=O) groups excluding carboxylic acids is 3. The lowest BCUT2D eigenvalue weighted by molar-refractivity contribution is -0.115. The van der Waals surface area contributed by atoms with Crippen molar-refractivity contribution in [1.82, 2.24) is 5.32 Å². The van der Waals surface area contributed by atoms with E-state index in [1.54, 1.807) is 29.5 Å². The molecule has 1 heterocycles. The Morgan fingerprint density at radius 3 is 2.09 bits per heavy atom. The molecule has 0 bridgehead atoms. The smallest absolute Gasteiger partial charge is 0.251 e. The van der Waals surface area contributed by atoms with Gasteiger partial charge in [-0.05, 0) is 29.6 Å². The second-order valence-corrected chi connectivity index (χ2v) is 5.96. The lowest BCUT2D eigenvalue weighted by Gasteiger charge is -2.11. The summed E-state index contributed by atoms with van der Waals surface area (Å²) in [5.41, 5.74) is 1.26. The minimum absolute atomic E-state index is 0.255. The van der Waals surface area contributed by atoms with Crippen molar-refractivity contribution in [2.24, 2.45) is 0 Å². The predicted molar refractivity (Wildman–Crippen MR) is 90.5 cm³/mol. The van der Waals surface area contributed by atoms with Gasteiger partial charge in [0, 0.05) is 35.7 Å². The SMILES string of the molecule is CC(=O)Nc1cc(NC(C)=O)cc(C(=O)NCc2cccs2)c1. The molecule has 0 radical (unpaired) electrons.